The number of aliphatic hydroxyl groups is 1. The summed E-state index contributed by atoms with van der Waals surface area (Å²) in [5.41, 5.74) is 6.65. The monoisotopic (exact) mass is 264 g/mol. The van der Waals surface area contributed by atoms with Gasteiger partial charge in [-0.1, -0.05) is 12.1 Å². The van der Waals surface area contributed by atoms with E-state index < -0.39 is 16.8 Å². The molecule has 1 aliphatic carbocycles. The number of halogens is 1. The van der Waals surface area contributed by atoms with Crippen molar-refractivity contribution in [1.82, 2.24) is 0 Å². The van der Waals surface area contributed by atoms with Crippen LogP contribution >= 0.6 is 0 Å². The van der Waals surface area contributed by atoms with Crippen LogP contribution in [-0.2, 0) is 0 Å². The van der Waals surface area contributed by atoms with E-state index >= 15 is 0 Å². The molecule has 0 saturated carbocycles. The molecule has 0 heterocycles. The van der Waals surface area contributed by atoms with E-state index in [1.165, 1.54) is 30.4 Å². The highest BCUT2D eigenvalue weighted by Gasteiger charge is 2.21. The van der Waals surface area contributed by atoms with Gasteiger partial charge in [0.1, 0.15) is 11.9 Å². The number of nitro groups is 1. The zero-order chi connectivity index (χ0) is 14.0. The van der Waals surface area contributed by atoms with Crippen LogP contribution in [0, 0.1) is 15.9 Å². The van der Waals surface area contributed by atoms with Crippen LogP contribution in [0.3, 0.4) is 0 Å². The van der Waals surface area contributed by atoms with Gasteiger partial charge in [-0.25, -0.2) is 4.39 Å². The van der Waals surface area contributed by atoms with Gasteiger partial charge in [-0.3, -0.25) is 10.1 Å². The lowest BCUT2D eigenvalue weighted by atomic mass is 9.93. The van der Waals surface area contributed by atoms with Gasteiger partial charge < -0.3 is 10.8 Å². The van der Waals surface area contributed by atoms with E-state index in [4.69, 9.17) is 5.73 Å². The molecule has 0 aliphatic heterocycles. The molecule has 0 aromatic heterocycles. The van der Waals surface area contributed by atoms with Crippen LogP contribution in [0.25, 0.3) is 0 Å². The third-order valence-electron chi connectivity index (χ3n) is 3.08. The number of benzene rings is 1. The molecule has 0 amide bonds. The summed E-state index contributed by atoms with van der Waals surface area (Å²) in [5.74, 6) is -0.538. The first kappa shape index (κ1) is 13.2. The Labute approximate surface area is 109 Å². The van der Waals surface area contributed by atoms with E-state index in [9.17, 15) is 19.6 Å². The van der Waals surface area contributed by atoms with Gasteiger partial charge >= 0.3 is 0 Å². The Balaban J connectivity index is 2.23. The number of nitrogen functional groups attached to an aromatic ring is 1. The van der Waals surface area contributed by atoms with Gasteiger partial charge in [0.15, 0.2) is 0 Å². The number of hydrogen-bond acceptors (Lipinski definition) is 4. The first-order chi connectivity index (χ1) is 8.99. The fourth-order valence-corrected chi connectivity index (χ4v) is 1.97. The molecule has 1 aliphatic rings. The predicted octanol–water partition coefficient (Wildman–Crippen LogP) is 2.32. The maximum atomic E-state index is 13.0. The van der Waals surface area contributed by atoms with Gasteiger partial charge in [0.05, 0.1) is 10.6 Å². The number of nitrogens with two attached hydrogens (primary N) is 1. The zero-order valence-electron chi connectivity index (χ0n) is 10.0. The Morgan fingerprint density at radius 1 is 1.37 bits per heavy atom. The van der Waals surface area contributed by atoms with Crippen LogP contribution in [-0.4, -0.2) is 10.0 Å². The van der Waals surface area contributed by atoms with Crippen LogP contribution in [0.15, 0.2) is 41.6 Å². The van der Waals surface area contributed by atoms with Gasteiger partial charge in [0, 0.05) is 12.5 Å². The minimum absolute atomic E-state index is 0.0329. The lowest BCUT2D eigenvalue weighted by Gasteiger charge is -2.17. The molecular weight excluding hydrogens is 251 g/mol. The number of anilines is 1. The van der Waals surface area contributed by atoms with Crippen molar-refractivity contribution in [2.24, 2.45) is 0 Å². The summed E-state index contributed by atoms with van der Waals surface area (Å²) >= 11 is 0. The molecule has 6 heteroatoms. The van der Waals surface area contributed by atoms with Gasteiger partial charge in [0.25, 0.3) is 0 Å². The average Bonchev–Trinajstić information content (AvgIpc) is 2.41. The summed E-state index contributed by atoms with van der Waals surface area (Å²) in [7, 11) is 0. The Morgan fingerprint density at radius 2 is 2.11 bits per heavy atom. The number of rotatable bonds is 3. The second-order valence-electron chi connectivity index (χ2n) is 4.34. The first-order valence-corrected chi connectivity index (χ1v) is 5.76. The fourth-order valence-electron chi connectivity index (χ4n) is 1.97. The fraction of sp³-hybridized carbons (Fsp3) is 0.231. The molecule has 0 saturated heterocycles. The number of hydrogen-bond donors (Lipinski definition) is 2. The molecule has 0 radical (unpaired) electrons. The smallest absolute Gasteiger partial charge is 0.246 e. The Morgan fingerprint density at radius 3 is 2.63 bits per heavy atom. The molecule has 19 heavy (non-hydrogen) atoms. The van der Waals surface area contributed by atoms with E-state index in [1.54, 1.807) is 0 Å². The van der Waals surface area contributed by atoms with Crippen LogP contribution in [0.4, 0.5) is 10.1 Å². The first-order valence-electron chi connectivity index (χ1n) is 5.76. The van der Waals surface area contributed by atoms with Crippen molar-refractivity contribution < 1.29 is 14.4 Å². The molecule has 1 unspecified atom stereocenters. The molecule has 3 N–H and O–H groups in total. The van der Waals surface area contributed by atoms with Crippen molar-refractivity contribution in [3.63, 3.8) is 0 Å². The molecular formula is C13H13FN2O3. The van der Waals surface area contributed by atoms with Crippen molar-refractivity contribution >= 4 is 5.69 Å². The number of nitrogens with zero attached hydrogens (tertiary/aromatic N) is 1. The Bertz CT molecular complexity index is 581. The van der Waals surface area contributed by atoms with Crippen molar-refractivity contribution in [2.45, 2.75) is 18.9 Å². The molecule has 0 fully saturated rings. The molecule has 1 aromatic carbocycles. The summed E-state index contributed by atoms with van der Waals surface area (Å²) in [6, 6.07) is 4.01. The Hall–Kier alpha value is -2.21. The van der Waals surface area contributed by atoms with Gasteiger partial charge in [-0.2, -0.15) is 0 Å². The zero-order valence-corrected chi connectivity index (χ0v) is 10.0. The van der Waals surface area contributed by atoms with E-state index in [1.807, 2.05) is 0 Å². The summed E-state index contributed by atoms with van der Waals surface area (Å²) in [6.45, 7) is 0. The largest absolute Gasteiger partial charge is 0.396 e. The van der Waals surface area contributed by atoms with Gasteiger partial charge in [-0.05, 0) is 29.7 Å². The number of allylic oxidation sites excluding steroid dienone is 3. The lowest BCUT2D eigenvalue weighted by Crippen LogP contribution is -2.08. The third-order valence-corrected chi connectivity index (χ3v) is 3.08. The molecule has 0 bridgehead atoms. The van der Waals surface area contributed by atoms with Gasteiger partial charge in [-0.15, -0.1) is 0 Å². The maximum absolute atomic E-state index is 13.0. The van der Waals surface area contributed by atoms with Crippen LogP contribution < -0.4 is 5.73 Å². The number of aliphatic hydroxyl groups excluding tert-OH is 1. The highest BCUT2D eigenvalue weighted by atomic mass is 19.1. The minimum Gasteiger partial charge on any atom is -0.396 e. The van der Waals surface area contributed by atoms with Crippen molar-refractivity contribution in [3.8, 4) is 0 Å². The van der Waals surface area contributed by atoms with E-state index in [2.05, 4.69) is 0 Å². The molecule has 1 aromatic rings. The Kier molecular flexibility index (Phi) is 3.62. The molecule has 5 nitrogen and oxygen atoms in total. The van der Waals surface area contributed by atoms with E-state index in [0.717, 1.165) is 0 Å². The van der Waals surface area contributed by atoms with Gasteiger partial charge in [0.2, 0.25) is 5.70 Å². The normalized spacial score (nSPS) is 16.5. The third kappa shape index (κ3) is 2.79. The van der Waals surface area contributed by atoms with E-state index in [0.29, 0.717) is 17.6 Å². The van der Waals surface area contributed by atoms with Crippen molar-refractivity contribution in [3.05, 3.63) is 63.1 Å². The van der Waals surface area contributed by atoms with Crippen molar-refractivity contribution in [2.75, 3.05) is 5.73 Å². The summed E-state index contributed by atoms with van der Waals surface area (Å²) in [6.07, 6.45) is 2.66. The molecule has 0 spiro atoms. The highest BCUT2D eigenvalue weighted by Crippen LogP contribution is 2.30. The predicted molar refractivity (Wildman–Crippen MR) is 68.2 cm³/mol. The van der Waals surface area contributed by atoms with Crippen LogP contribution in [0.2, 0.25) is 0 Å². The van der Waals surface area contributed by atoms with Crippen molar-refractivity contribution in [1.29, 1.82) is 0 Å². The van der Waals surface area contributed by atoms with E-state index in [-0.39, 0.29) is 17.8 Å². The van der Waals surface area contributed by atoms with Crippen LogP contribution in [0.5, 0.6) is 0 Å². The summed E-state index contributed by atoms with van der Waals surface area (Å²) in [5, 5.41) is 20.7. The molecule has 100 valence electrons. The summed E-state index contributed by atoms with van der Waals surface area (Å²) < 4.78 is 13.0. The molecule has 2 rings (SSSR count). The minimum atomic E-state index is -0.924. The standard InChI is InChI=1S/C13H13FN2O3/c14-11-6-3-9(7-12(11)15)13(17)8-1-4-10(5-2-8)16(18)19/h1,3-4,6-7,13,17H,2,5,15H2. The quantitative estimate of drug-likeness (QED) is 0.498. The maximum Gasteiger partial charge on any atom is 0.246 e. The topological polar surface area (TPSA) is 89.4 Å². The average molecular weight is 264 g/mol. The van der Waals surface area contributed by atoms with Crippen LogP contribution in [0.1, 0.15) is 24.5 Å². The highest BCUT2D eigenvalue weighted by molar-refractivity contribution is 5.45. The SMILES string of the molecule is Nc1cc(C(O)C2=CC=C([N+](=O)[O-])CC2)ccc1F. The second-order valence-corrected chi connectivity index (χ2v) is 4.34. The summed E-state index contributed by atoms with van der Waals surface area (Å²) in [4.78, 5) is 10.1. The molecule has 1 atom stereocenters. The second kappa shape index (κ2) is 5.19. The lowest BCUT2D eigenvalue weighted by molar-refractivity contribution is -0.428.